The molecule has 106 valence electrons. The van der Waals surface area contributed by atoms with Crippen LogP contribution in [0, 0.1) is 5.92 Å². The Labute approximate surface area is 112 Å². The van der Waals surface area contributed by atoms with Gasteiger partial charge in [0.2, 0.25) is 0 Å². The molecular formula is C15H30N2O. The minimum atomic E-state index is 0.504. The molecule has 2 fully saturated rings. The Hall–Kier alpha value is -0.120. The minimum Gasteiger partial charge on any atom is -0.381 e. The zero-order valence-corrected chi connectivity index (χ0v) is 12.2. The molecule has 3 heteroatoms. The van der Waals surface area contributed by atoms with Crippen molar-refractivity contribution >= 4 is 0 Å². The van der Waals surface area contributed by atoms with Crippen LogP contribution in [0.4, 0.5) is 0 Å². The van der Waals surface area contributed by atoms with Crippen molar-refractivity contribution < 1.29 is 4.74 Å². The van der Waals surface area contributed by atoms with E-state index >= 15 is 0 Å². The van der Waals surface area contributed by atoms with Crippen molar-refractivity contribution in [2.45, 2.75) is 57.1 Å². The fourth-order valence-electron chi connectivity index (χ4n) is 3.62. The van der Waals surface area contributed by atoms with E-state index in [0.29, 0.717) is 12.1 Å². The molecular weight excluding hydrogens is 224 g/mol. The van der Waals surface area contributed by atoms with Gasteiger partial charge in [0.25, 0.3) is 0 Å². The molecule has 18 heavy (non-hydrogen) atoms. The van der Waals surface area contributed by atoms with E-state index in [9.17, 15) is 0 Å². The van der Waals surface area contributed by atoms with Crippen LogP contribution < -0.4 is 5.32 Å². The number of ether oxygens (including phenoxy) is 1. The van der Waals surface area contributed by atoms with Gasteiger partial charge in [0.05, 0.1) is 6.10 Å². The van der Waals surface area contributed by atoms with E-state index in [2.05, 4.69) is 17.3 Å². The van der Waals surface area contributed by atoms with Crippen LogP contribution >= 0.6 is 0 Å². The fourth-order valence-corrected chi connectivity index (χ4v) is 3.62. The molecule has 1 unspecified atom stereocenters. The number of rotatable bonds is 5. The third kappa shape index (κ3) is 3.94. The van der Waals surface area contributed by atoms with Crippen molar-refractivity contribution in [2.24, 2.45) is 5.92 Å². The number of nitrogens with one attached hydrogen (secondary N) is 1. The topological polar surface area (TPSA) is 24.5 Å². The van der Waals surface area contributed by atoms with Gasteiger partial charge in [-0.1, -0.05) is 19.3 Å². The number of hydrogen-bond acceptors (Lipinski definition) is 3. The summed E-state index contributed by atoms with van der Waals surface area (Å²) < 4.78 is 5.44. The van der Waals surface area contributed by atoms with E-state index in [1.807, 2.05) is 7.11 Å². The maximum absolute atomic E-state index is 5.44. The quantitative estimate of drug-likeness (QED) is 0.814. The van der Waals surface area contributed by atoms with Crippen LogP contribution in [-0.4, -0.2) is 50.8 Å². The molecule has 0 spiro atoms. The van der Waals surface area contributed by atoms with Crippen molar-refractivity contribution in [3.63, 3.8) is 0 Å². The van der Waals surface area contributed by atoms with Gasteiger partial charge in [-0.05, 0) is 38.6 Å². The molecule has 0 radical (unpaired) electrons. The average Bonchev–Trinajstić information content (AvgIpc) is 2.46. The van der Waals surface area contributed by atoms with Crippen molar-refractivity contribution in [3.05, 3.63) is 0 Å². The van der Waals surface area contributed by atoms with Gasteiger partial charge >= 0.3 is 0 Å². The summed E-state index contributed by atoms with van der Waals surface area (Å²) >= 11 is 0. The zero-order valence-electron chi connectivity index (χ0n) is 12.2. The first-order valence-corrected chi connectivity index (χ1v) is 7.76. The van der Waals surface area contributed by atoms with Crippen LogP contribution in [0.1, 0.15) is 44.9 Å². The molecule has 2 aliphatic rings. The first-order chi connectivity index (χ1) is 8.83. The van der Waals surface area contributed by atoms with Crippen LogP contribution in [0.5, 0.6) is 0 Å². The molecule has 0 aromatic heterocycles. The first kappa shape index (κ1) is 14.3. The SMILES string of the molecule is CNC(CN1CCC(OC)CC1)C1CCCCC1. The first-order valence-electron chi connectivity index (χ1n) is 7.76. The Kier molecular flexibility index (Phi) is 5.93. The highest BCUT2D eigenvalue weighted by atomic mass is 16.5. The molecule has 1 atom stereocenters. The summed E-state index contributed by atoms with van der Waals surface area (Å²) in [4.78, 5) is 2.63. The van der Waals surface area contributed by atoms with Crippen LogP contribution in [0.3, 0.4) is 0 Å². The predicted molar refractivity (Wildman–Crippen MR) is 75.9 cm³/mol. The lowest BCUT2D eigenvalue weighted by Gasteiger charge is -2.37. The fraction of sp³-hybridized carbons (Fsp3) is 1.00. The predicted octanol–water partition coefficient (Wildman–Crippen LogP) is 2.27. The lowest BCUT2D eigenvalue weighted by Crippen LogP contribution is -2.47. The molecule has 1 saturated heterocycles. The Morgan fingerprint density at radius 3 is 2.33 bits per heavy atom. The van der Waals surface area contributed by atoms with E-state index < -0.39 is 0 Å². The number of likely N-dealkylation sites (tertiary alicyclic amines) is 1. The molecule has 2 rings (SSSR count). The van der Waals surface area contributed by atoms with E-state index in [4.69, 9.17) is 4.74 Å². The van der Waals surface area contributed by atoms with E-state index in [-0.39, 0.29) is 0 Å². The highest BCUT2D eigenvalue weighted by Crippen LogP contribution is 2.27. The van der Waals surface area contributed by atoms with Gasteiger partial charge in [-0.15, -0.1) is 0 Å². The molecule has 0 amide bonds. The molecule has 1 aliphatic heterocycles. The Morgan fingerprint density at radius 1 is 1.11 bits per heavy atom. The number of hydrogen-bond donors (Lipinski definition) is 1. The van der Waals surface area contributed by atoms with Gasteiger partial charge < -0.3 is 15.0 Å². The lowest BCUT2D eigenvalue weighted by atomic mass is 9.83. The summed E-state index contributed by atoms with van der Waals surface area (Å²) in [6, 6.07) is 0.699. The van der Waals surface area contributed by atoms with Gasteiger partial charge in [-0.25, -0.2) is 0 Å². The summed E-state index contributed by atoms with van der Waals surface area (Å²) in [7, 11) is 3.99. The smallest absolute Gasteiger partial charge is 0.0595 e. The molecule has 0 aromatic rings. The van der Waals surface area contributed by atoms with Crippen LogP contribution in [0.15, 0.2) is 0 Å². The second kappa shape index (κ2) is 7.46. The monoisotopic (exact) mass is 254 g/mol. The summed E-state index contributed by atoms with van der Waals surface area (Å²) in [5, 5.41) is 3.57. The largest absolute Gasteiger partial charge is 0.381 e. The molecule has 3 nitrogen and oxygen atoms in total. The van der Waals surface area contributed by atoms with E-state index in [0.717, 1.165) is 5.92 Å². The number of likely N-dealkylation sites (N-methyl/N-ethyl adjacent to an activating group) is 1. The molecule has 1 saturated carbocycles. The number of piperidine rings is 1. The molecule has 1 N–H and O–H groups in total. The van der Waals surface area contributed by atoms with Crippen molar-refractivity contribution in [2.75, 3.05) is 33.8 Å². The van der Waals surface area contributed by atoms with Crippen molar-refractivity contribution in [1.82, 2.24) is 10.2 Å². The Bertz CT molecular complexity index is 221. The standard InChI is InChI=1S/C15H30N2O/c1-16-15(13-6-4-3-5-7-13)12-17-10-8-14(18-2)9-11-17/h13-16H,3-12H2,1-2H3. The second-order valence-electron chi connectivity index (χ2n) is 6.03. The van der Waals surface area contributed by atoms with Gasteiger partial charge in [0.15, 0.2) is 0 Å². The van der Waals surface area contributed by atoms with Crippen molar-refractivity contribution in [1.29, 1.82) is 0 Å². The zero-order chi connectivity index (χ0) is 12.8. The normalized spacial score (nSPS) is 26.3. The van der Waals surface area contributed by atoms with E-state index in [1.165, 1.54) is 64.6 Å². The van der Waals surface area contributed by atoms with Crippen molar-refractivity contribution in [3.8, 4) is 0 Å². The molecule has 1 aliphatic carbocycles. The summed E-state index contributed by atoms with van der Waals surface area (Å²) in [5.41, 5.74) is 0. The summed E-state index contributed by atoms with van der Waals surface area (Å²) in [6.07, 6.45) is 10.1. The second-order valence-corrected chi connectivity index (χ2v) is 6.03. The number of methoxy groups -OCH3 is 1. The Morgan fingerprint density at radius 2 is 1.78 bits per heavy atom. The Balaban J connectivity index is 1.76. The van der Waals surface area contributed by atoms with Gasteiger partial charge in [0.1, 0.15) is 0 Å². The third-order valence-corrected chi connectivity index (χ3v) is 4.91. The minimum absolute atomic E-state index is 0.504. The van der Waals surface area contributed by atoms with Crippen LogP contribution in [-0.2, 0) is 4.74 Å². The van der Waals surface area contributed by atoms with Crippen LogP contribution in [0.2, 0.25) is 0 Å². The van der Waals surface area contributed by atoms with Crippen LogP contribution in [0.25, 0.3) is 0 Å². The van der Waals surface area contributed by atoms with Gasteiger partial charge in [-0.2, -0.15) is 0 Å². The third-order valence-electron chi connectivity index (χ3n) is 4.91. The maximum Gasteiger partial charge on any atom is 0.0595 e. The highest BCUT2D eigenvalue weighted by Gasteiger charge is 2.26. The van der Waals surface area contributed by atoms with E-state index in [1.54, 1.807) is 0 Å². The molecule has 0 aromatic carbocycles. The number of nitrogens with zero attached hydrogens (tertiary/aromatic N) is 1. The van der Waals surface area contributed by atoms with Gasteiger partial charge in [0, 0.05) is 32.8 Å². The average molecular weight is 254 g/mol. The summed E-state index contributed by atoms with van der Waals surface area (Å²) in [5.74, 6) is 0.906. The molecule has 1 heterocycles. The summed E-state index contributed by atoms with van der Waals surface area (Å²) in [6.45, 7) is 3.66. The van der Waals surface area contributed by atoms with Gasteiger partial charge in [-0.3, -0.25) is 0 Å². The highest BCUT2D eigenvalue weighted by molar-refractivity contribution is 4.83. The molecule has 0 bridgehead atoms. The lowest BCUT2D eigenvalue weighted by molar-refractivity contribution is 0.0354. The maximum atomic E-state index is 5.44.